The van der Waals surface area contributed by atoms with E-state index < -0.39 is 0 Å². The highest BCUT2D eigenvalue weighted by Crippen LogP contribution is 2.24. The van der Waals surface area contributed by atoms with Crippen molar-refractivity contribution in [2.75, 3.05) is 6.54 Å². The molecule has 76 valence electrons. The van der Waals surface area contributed by atoms with Crippen LogP contribution >= 0.6 is 0 Å². The van der Waals surface area contributed by atoms with E-state index in [1.807, 2.05) is 0 Å². The van der Waals surface area contributed by atoms with Crippen molar-refractivity contribution in [1.82, 2.24) is 5.32 Å². The standard InChI is InChI=1S/C13H19N/c1-10-5-7-12(8-6-10)11(2)13-4-3-9-14-13/h5-8,11,13-14H,3-4,9H2,1-2H3. The topological polar surface area (TPSA) is 12.0 Å². The van der Waals surface area contributed by atoms with Gasteiger partial charge in [0.1, 0.15) is 0 Å². The molecule has 1 aromatic carbocycles. The Morgan fingerprint density at radius 3 is 2.57 bits per heavy atom. The van der Waals surface area contributed by atoms with Crippen LogP contribution in [0.4, 0.5) is 0 Å². The molecule has 0 aromatic heterocycles. The van der Waals surface area contributed by atoms with Crippen molar-refractivity contribution >= 4 is 0 Å². The molecule has 2 atom stereocenters. The van der Waals surface area contributed by atoms with E-state index in [0.29, 0.717) is 12.0 Å². The van der Waals surface area contributed by atoms with Crippen LogP contribution < -0.4 is 5.32 Å². The van der Waals surface area contributed by atoms with E-state index in [1.54, 1.807) is 0 Å². The van der Waals surface area contributed by atoms with Crippen LogP contribution in [0.5, 0.6) is 0 Å². The average molecular weight is 189 g/mol. The van der Waals surface area contributed by atoms with Gasteiger partial charge in [0.15, 0.2) is 0 Å². The van der Waals surface area contributed by atoms with Gasteiger partial charge in [0.05, 0.1) is 0 Å². The van der Waals surface area contributed by atoms with Crippen LogP contribution in [0, 0.1) is 6.92 Å². The second-order valence-electron chi connectivity index (χ2n) is 4.40. The van der Waals surface area contributed by atoms with Crippen molar-refractivity contribution < 1.29 is 0 Å². The quantitative estimate of drug-likeness (QED) is 0.754. The molecule has 1 heteroatoms. The number of hydrogen-bond donors (Lipinski definition) is 1. The van der Waals surface area contributed by atoms with Crippen molar-refractivity contribution in [2.45, 2.75) is 38.6 Å². The molecule has 1 aliphatic heterocycles. The normalized spacial score (nSPS) is 23.7. The first-order valence-corrected chi connectivity index (χ1v) is 5.57. The molecule has 1 nitrogen and oxygen atoms in total. The van der Waals surface area contributed by atoms with Crippen LogP contribution in [0.2, 0.25) is 0 Å². The van der Waals surface area contributed by atoms with Crippen molar-refractivity contribution in [3.05, 3.63) is 35.4 Å². The van der Waals surface area contributed by atoms with Gasteiger partial charge in [0, 0.05) is 6.04 Å². The number of nitrogens with one attached hydrogen (secondary N) is 1. The number of benzene rings is 1. The molecular weight excluding hydrogens is 170 g/mol. The Bertz CT molecular complexity index is 283. The van der Waals surface area contributed by atoms with E-state index in [2.05, 4.69) is 43.4 Å². The minimum absolute atomic E-state index is 0.651. The van der Waals surface area contributed by atoms with Gasteiger partial charge in [-0.25, -0.2) is 0 Å². The molecule has 1 aromatic rings. The van der Waals surface area contributed by atoms with Gasteiger partial charge < -0.3 is 5.32 Å². The number of aryl methyl sites for hydroxylation is 1. The average Bonchev–Trinajstić information content (AvgIpc) is 2.71. The second-order valence-corrected chi connectivity index (χ2v) is 4.40. The van der Waals surface area contributed by atoms with E-state index in [1.165, 1.54) is 30.5 Å². The fourth-order valence-corrected chi connectivity index (χ4v) is 2.24. The third-order valence-electron chi connectivity index (χ3n) is 3.31. The molecule has 0 radical (unpaired) electrons. The summed E-state index contributed by atoms with van der Waals surface area (Å²) in [5.41, 5.74) is 2.82. The fourth-order valence-electron chi connectivity index (χ4n) is 2.24. The summed E-state index contributed by atoms with van der Waals surface area (Å²) in [6.07, 6.45) is 2.66. The Labute approximate surface area is 86.5 Å². The fraction of sp³-hybridized carbons (Fsp3) is 0.538. The van der Waals surface area contributed by atoms with Crippen LogP contribution in [-0.4, -0.2) is 12.6 Å². The molecule has 1 fully saturated rings. The summed E-state index contributed by atoms with van der Waals surface area (Å²) in [5, 5.41) is 3.57. The van der Waals surface area contributed by atoms with Crippen LogP contribution in [-0.2, 0) is 0 Å². The van der Waals surface area contributed by atoms with E-state index >= 15 is 0 Å². The molecule has 1 heterocycles. The highest BCUT2D eigenvalue weighted by Gasteiger charge is 2.21. The van der Waals surface area contributed by atoms with E-state index in [4.69, 9.17) is 0 Å². The van der Waals surface area contributed by atoms with Gasteiger partial charge in [-0.3, -0.25) is 0 Å². The third-order valence-corrected chi connectivity index (χ3v) is 3.31. The van der Waals surface area contributed by atoms with E-state index in [9.17, 15) is 0 Å². The Morgan fingerprint density at radius 2 is 2.00 bits per heavy atom. The Balaban J connectivity index is 2.09. The number of hydrogen-bond acceptors (Lipinski definition) is 1. The Kier molecular flexibility index (Phi) is 2.87. The molecule has 0 spiro atoms. The zero-order chi connectivity index (χ0) is 9.97. The molecule has 2 unspecified atom stereocenters. The molecule has 1 N–H and O–H groups in total. The van der Waals surface area contributed by atoms with Crippen molar-refractivity contribution in [3.63, 3.8) is 0 Å². The second kappa shape index (κ2) is 4.14. The molecular formula is C13H19N. The molecule has 0 aliphatic carbocycles. The van der Waals surface area contributed by atoms with Crippen molar-refractivity contribution in [3.8, 4) is 0 Å². The summed E-state index contributed by atoms with van der Waals surface area (Å²) in [6.45, 7) is 5.66. The summed E-state index contributed by atoms with van der Waals surface area (Å²) in [6, 6.07) is 9.64. The highest BCUT2D eigenvalue weighted by molar-refractivity contribution is 5.25. The summed E-state index contributed by atoms with van der Waals surface area (Å²) in [4.78, 5) is 0. The van der Waals surface area contributed by atoms with Crippen molar-refractivity contribution in [1.29, 1.82) is 0 Å². The lowest BCUT2D eigenvalue weighted by Gasteiger charge is -2.19. The predicted molar refractivity (Wildman–Crippen MR) is 60.6 cm³/mol. The minimum Gasteiger partial charge on any atom is -0.313 e. The zero-order valence-electron chi connectivity index (χ0n) is 9.09. The first-order valence-electron chi connectivity index (χ1n) is 5.57. The maximum Gasteiger partial charge on any atom is 0.0134 e. The SMILES string of the molecule is Cc1ccc(C(C)C2CCCN2)cc1. The van der Waals surface area contributed by atoms with Crippen LogP contribution in [0.3, 0.4) is 0 Å². The lowest BCUT2D eigenvalue weighted by molar-refractivity contribution is 0.517. The predicted octanol–water partition coefficient (Wildman–Crippen LogP) is 2.85. The molecule has 0 amide bonds. The minimum atomic E-state index is 0.651. The van der Waals surface area contributed by atoms with Gasteiger partial charge in [-0.15, -0.1) is 0 Å². The van der Waals surface area contributed by atoms with Crippen molar-refractivity contribution in [2.24, 2.45) is 0 Å². The molecule has 1 saturated heterocycles. The van der Waals surface area contributed by atoms with Crippen LogP contribution in [0.15, 0.2) is 24.3 Å². The first kappa shape index (κ1) is 9.72. The third kappa shape index (κ3) is 1.98. The van der Waals surface area contributed by atoms with Crippen LogP contribution in [0.1, 0.15) is 36.8 Å². The Morgan fingerprint density at radius 1 is 1.29 bits per heavy atom. The van der Waals surface area contributed by atoms with Crippen LogP contribution in [0.25, 0.3) is 0 Å². The van der Waals surface area contributed by atoms with Gasteiger partial charge in [0.25, 0.3) is 0 Å². The highest BCUT2D eigenvalue weighted by atomic mass is 14.9. The first-order chi connectivity index (χ1) is 6.77. The smallest absolute Gasteiger partial charge is 0.0134 e. The van der Waals surface area contributed by atoms with Gasteiger partial charge >= 0.3 is 0 Å². The summed E-state index contributed by atoms with van der Waals surface area (Å²) in [5.74, 6) is 0.651. The van der Waals surface area contributed by atoms with E-state index in [-0.39, 0.29) is 0 Å². The number of rotatable bonds is 2. The molecule has 0 bridgehead atoms. The lowest BCUT2D eigenvalue weighted by Crippen LogP contribution is -2.27. The monoisotopic (exact) mass is 189 g/mol. The van der Waals surface area contributed by atoms with Gasteiger partial charge in [0.2, 0.25) is 0 Å². The molecule has 14 heavy (non-hydrogen) atoms. The van der Waals surface area contributed by atoms with Gasteiger partial charge in [-0.05, 0) is 37.8 Å². The largest absolute Gasteiger partial charge is 0.313 e. The van der Waals surface area contributed by atoms with E-state index in [0.717, 1.165) is 0 Å². The maximum absolute atomic E-state index is 3.57. The Hall–Kier alpha value is -0.820. The lowest BCUT2D eigenvalue weighted by atomic mass is 9.92. The summed E-state index contributed by atoms with van der Waals surface area (Å²) in [7, 11) is 0. The maximum atomic E-state index is 3.57. The molecule has 2 rings (SSSR count). The van der Waals surface area contributed by atoms with Gasteiger partial charge in [-0.2, -0.15) is 0 Å². The molecule has 1 aliphatic rings. The molecule has 0 saturated carbocycles. The summed E-state index contributed by atoms with van der Waals surface area (Å²) < 4.78 is 0. The van der Waals surface area contributed by atoms with Gasteiger partial charge in [-0.1, -0.05) is 36.8 Å². The summed E-state index contributed by atoms with van der Waals surface area (Å²) >= 11 is 0. The zero-order valence-corrected chi connectivity index (χ0v) is 9.09.